The van der Waals surface area contributed by atoms with Crippen molar-refractivity contribution >= 4 is 10.9 Å². The summed E-state index contributed by atoms with van der Waals surface area (Å²) in [6, 6.07) is 7.42. The third-order valence-electron chi connectivity index (χ3n) is 4.33. The van der Waals surface area contributed by atoms with E-state index in [4.69, 9.17) is 9.47 Å². The van der Waals surface area contributed by atoms with E-state index in [1.165, 1.54) is 0 Å². The largest absolute Gasteiger partial charge is 0.493 e. The Hall–Kier alpha value is -2.76. The molecule has 2 aromatic heterocycles. The van der Waals surface area contributed by atoms with E-state index in [0.717, 1.165) is 30.5 Å². The quantitative estimate of drug-likeness (QED) is 0.745. The standard InChI is InChI=1S/C19H23N3O3/c1-5-6-7-22-12(2)8-16(21-22)14-9-13-10-17(24-3)18(25-4)11-15(13)20-19(14)23/h8-11H,5-7H2,1-4H3,(H,20,23). The lowest BCUT2D eigenvalue weighted by molar-refractivity contribution is 0.356. The fourth-order valence-electron chi connectivity index (χ4n) is 2.90. The van der Waals surface area contributed by atoms with E-state index in [2.05, 4.69) is 17.0 Å². The Kier molecular flexibility index (Phi) is 4.79. The minimum atomic E-state index is -0.167. The van der Waals surface area contributed by atoms with Gasteiger partial charge in [0.2, 0.25) is 0 Å². The van der Waals surface area contributed by atoms with E-state index < -0.39 is 0 Å². The molecule has 2 heterocycles. The first-order valence-electron chi connectivity index (χ1n) is 8.41. The molecule has 0 saturated heterocycles. The number of methoxy groups -OCH3 is 2. The van der Waals surface area contributed by atoms with Gasteiger partial charge in [0.25, 0.3) is 5.56 Å². The maximum atomic E-state index is 12.5. The number of rotatable bonds is 6. The Morgan fingerprint density at radius 2 is 1.84 bits per heavy atom. The van der Waals surface area contributed by atoms with Crippen molar-refractivity contribution in [2.75, 3.05) is 14.2 Å². The molecule has 0 aliphatic carbocycles. The van der Waals surface area contributed by atoms with Crippen molar-refractivity contribution in [3.05, 3.63) is 40.3 Å². The zero-order valence-corrected chi connectivity index (χ0v) is 15.0. The van der Waals surface area contributed by atoms with Crippen LogP contribution < -0.4 is 15.0 Å². The molecule has 1 aromatic carbocycles. The van der Waals surface area contributed by atoms with Crippen LogP contribution in [0.15, 0.2) is 29.1 Å². The smallest absolute Gasteiger partial charge is 0.257 e. The van der Waals surface area contributed by atoms with Gasteiger partial charge in [-0.05, 0) is 31.5 Å². The molecule has 3 rings (SSSR count). The second kappa shape index (κ2) is 7.01. The van der Waals surface area contributed by atoms with Crippen LogP contribution in [0.1, 0.15) is 25.5 Å². The van der Waals surface area contributed by atoms with Gasteiger partial charge in [-0.15, -0.1) is 0 Å². The maximum absolute atomic E-state index is 12.5. The van der Waals surface area contributed by atoms with Gasteiger partial charge in [-0.3, -0.25) is 9.48 Å². The zero-order chi connectivity index (χ0) is 18.0. The van der Waals surface area contributed by atoms with E-state index in [0.29, 0.717) is 28.3 Å². The summed E-state index contributed by atoms with van der Waals surface area (Å²) < 4.78 is 12.6. The molecule has 0 bridgehead atoms. The van der Waals surface area contributed by atoms with Gasteiger partial charge in [0.05, 0.1) is 31.0 Å². The first-order valence-corrected chi connectivity index (χ1v) is 8.41. The molecule has 6 nitrogen and oxygen atoms in total. The number of hydrogen-bond donors (Lipinski definition) is 1. The summed E-state index contributed by atoms with van der Waals surface area (Å²) in [7, 11) is 3.16. The number of hydrogen-bond acceptors (Lipinski definition) is 4. The molecule has 0 atom stereocenters. The highest BCUT2D eigenvalue weighted by Gasteiger charge is 2.13. The van der Waals surface area contributed by atoms with Crippen LogP contribution in [-0.2, 0) is 6.54 Å². The lowest BCUT2D eigenvalue weighted by atomic mass is 10.1. The minimum absolute atomic E-state index is 0.167. The normalized spacial score (nSPS) is 11.0. The van der Waals surface area contributed by atoms with Crippen molar-refractivity contribution in [3.8, 4) is 22.8 Å². The van der Waals surface area contributed by atoms with Crippen molar-refractivity contribution < 1.29 is 9.47 Å². The predicted molar refractivity (Wildman–Crippen MR) is 98.5 cm³/mol. The number of ether oxygens (including phenoxy) is 2. The van der Waals surface area contributed by atoms with Crippen molar-refractivity contribution in [1.29, 1.82) is 0 Å². The molecule has 0 aliphatic rings. The Morgan fingerprint density at radius 3 is 2.52 bits per heavy atom. The molecule has 3 aromatic rings. The van der Waals surface area contributed by atoms with Crippen LogP contribution in [0.2, 0.25) is 0 Å². The molecule has 25 heavy (non-hydrogen) atoms. The van der Waals surface area contributed by atoms with E-state index in [9.17, 15) is 4.79 Å². The number of aromatic amines is 1. The van der Waals surface area contributed by atoms with Crippen LogP contribution in [0.3, 0.4) is 0 Å². The molecule has 0 unspecified atom stereocenters. The summed E-state index contributed by atoms with van der Waals surface area (Å²) in [5, 5.41) is 5.47. The minimum Gasteiger partial charge on any atom is -0.493 e. The Labute approximate surface area is 146 Å². The molecule has 6 heteroatoms. The molecule has 0 amide bonds. The number of unbranched alkanes of at least 4 members (excludes halogenated alkanes) is 1. The van der Waals surface area contributed by atoms with Gasteiger partial charge in [-0.2, -0.15) is 5.10 Å². The second-order valence-electron chi connectivity index (χ2n) is 6.05. The SMILES string of the molecule is CCCCn1nc(-c2cc3cc(OC)c(OC)cc3[nH]c2=O)cc1C. The van der Waals surface area contributed by atoms with E-state index in [-0.39, 0.29) is 5.56 Å². The van der Waals surface area contributed by atoms with E-state index in [1.807, 2.05) is 29.8 Å². The lowest BCUT2D eigenvalue weighted by Crippen LogP contribution is -2.10. The molecule has 0 radical (unpaired) electrons. The average Bonchev–Trinajstić information content (AvgIpc) is 2.98. The first kappa shape index (κ1) is 17.1. The van der Waals surface area contributed by atoms with Crippen LogP contribution in [0, 0.1) is 6.92 Å². The zero-order valence-electron chi connectivity index (χ0n) is 15.0. The van der Waals surface area contributed by atoms with Gasteiger partial charge in [0, 0.05) is 23.7 Å². The fourth-order valence-corrected chi connectivity index (χ4v) is 2.90. The van der Waals surface area contributed by atoms with Gasteiger partial charge in [-0.25, -0.2) is 0 Å². The van der Waals surface area contributed by atoms with Gasteiger partial charge in [0.1, 0.15) is 0 Å². The highest BCUT2D eigenvalue weighted by atomic mass is 16.5. The summed E-state index contributed by atoms with van der Waals surface area (Å²) in [4.78, 5) is 15.5. The van der Waals surface area contributed by atoms with Gasteiger partial charge >= 0.3 is 0 Å². The molecular weight excluding hydrogens is 318 g/mol. The maximum Gasteiger partial charge on any atom is 0.257 e. The van der Waals surface area contributed by atoms with E-state index >= 15 is 0 Å². The topological polar surface area (TPSA) is 69.1 Å². The summed E-state index contributed by atoms with van der Waals surface area (Å²) in [6.07, 6.45) is 2.17. The highest BCUT2D eigenvalue weighted by Crippen LogP contribution is 2.32. The summed E-state index contributed by atoms with van der Waals surface area (Å²) >= 11 is 0. The number of nitrogens with zero attached hydrogens (tertiary/aromatic N) is 2. The van der Waals surface area contributed by atoms with Gasteiger partial charge in [-0.1, -0.05) is 13.3 Å². The number of aryl methyl sites for hydroxylation is 2. The third kappa shape index (κ3) is 3.24. The van der Waals surface area contributed by atoms with Crippen molar-refractivity contribution in [1.82, 2.24) is 14.8 Å². The number of nitrogens with one attached hydrogen (secondary N) is 1. The number of fused-ring (bicyclic) bond motifs is 1. The number of H-pyrrole nitrogens is 1. The number of aromatic nitrogens is 3. The third-order valence-corrected chi connectivity index (χ3v) is 4.33. The molecule has 0 spiro atoms. The Morgan fingerprint density at radius 1 is 1.12 bits per heavy atom. The van der Waals surface area contributed by atoms with Crippen LogP contribution in [0.5, 0.6) is 11.5 Å². The van der Waals surface area contributed by atoms with Crippen LogP contribution in [0.4, 0.5) is 0 Å². The first-order chi connectivity index (χ1) is 12.1. The van der Waals surface area contributed by atoms with Crippen molar-refractivity contribution in [3.63, 3.8) is 0 Å². The number of pyridine rings is 1. The Bertz CT molecular complexity index is 956. The average molecular weight is 341 g/mol. The van der Waals surface area contributed by atoms with Crippen molar-refractivity contribution in [2.24, 2.45) is 0 Å². The molecule has 132 valence electrons. The van der Waals surface area contributed by atoms with Crippen LogP contribution in [0.25, 0.3) is 22.2 Å². The molecule has 0 saturated carbocycles. The molecular formula is C19H23N3O3. The van der Waals surface area contributed by atoms with Crippen LogP contribution >= 0.6 is 0 Å². The second-order valence-corrected chi connectivity index (χ2v) is 6.05. The van der Waals surface area contributed by atoms with Gasteiger partial charge < -0.3 is 14.5 Å². The monoisotopic (exact) mass is 341 g/mol. The highest BCUT2D eigenvalue weighted by molar-refractivity contribution is 5.86. The Balaban J connectivity index is 2.10. The predicted octanol–water partition coefficient (Wildman–Crippen LogP) is 3.52. The molecule has 1 N–H and O–H groups in total. The van der Waals surface area contributed by atoms with Crippen LogP contribution in [-0.4, -0.2) is 29.0 Å². The van der Waals surface area contributed by atoms with Crippen molar-refractivity contribution in [2.45, 2.75) is 33.2 Å². The summed E-state index contributed by atoms with van der Waals surface area (Å²) in [5.74, 6) is 1.20. The van der Waals surface area contributed by atoms with E-state index in [1.54, 1.807) is 20.3 Å². The summed E-state index contributed by atoms with van der Waals surface area (Å²) in [5.41, 5.74) is 2.83. The summed E-state index contributed by atoms with van der Waals surface area (Å²) in [6.45, 7) is 5.02. The molecule has 0 fully saturated rings. The lowest BCUT2D eigenvalue weighted by Gasteiger charge is -2.09. The molecule has 0 aliphatic heterocycles. The number of benzene rings is 1. The fraction of sp³-hybridized carbons (Fsp3) is 0.368. The van der Waals surface area contributed by atoms with Gasteiger partial charge in [0.15, 0.2) is 11.5 Å².